The molecule has 0 aliphatic carbocycles. The highest BCUT2D eigenvalue weighted by Crippen LogP contribution is 2.18. The van der Waals surface area contributed by atoms with E-state index in [-0.39, 0.29) is 16.6 Å². The van der Waals surface area contributed by atoms with Gasteiger partial charge in [-0.2, -0.15) is 5.10 Å². The third kappa shape index (κ3) is 2.85. The molecule has 2 aromatic rings. The molecule has 0 unspecified atom stereocenters. The average molecular weight is 297 g/mol. The molecule has 0 bridgehead atoms. The lowest BCUT2D eigenvalue weighted by atomic mass is 10.4. The molecule has 0 aromatic carbocycles. The van der Waals surface area contributed by atoms with Crippen LogP contribution in [-0.4, -0.2) is 14.8 Å². The van der Waals surface area contributed by atoms with Crippen molar-refractivity contribution in [2.24, 2.45) is 0 Å². The Balaban J connectivity index is 2.18. The first kappa shape index (κ1) is 14.6. The minimum absolute atomic E-state index is 0.0360. The minimum atomic E-state index is -0.313. The topological polar surface area (TPSA) is 73.0 Å². The fourth-order valence-corrected chi connectivity index (χ4v) is 1.92. The average Bonchev–Trinajstić information content (AvgIpc) is 2.70. The molecule has 2 heterocycles. The molecule has 0 spiro atoms. The summed E-state index contributed by atoms with van der Waals surface area (Å²) in [7, 11) is 0. The molecule has 0 saturated carbocycles. The Bertz CT molecular complexity index is 656. The van der Waals surface area contributed by atoms with Crippen LogP contribution in [0.3, 0.4) is 0 Å². The van der Waals surface area contributed by atoms with E-state index in [0.29, 0.717) is 18.1 Å². The van der Waals surface area contributed by atoms with Gasteiger partial charge in [-0.05, 0) is 27.7 Å². The minimum Gasteiger partial charge on any atom is -0.444 e. The molecule has 0 saturated heterocycles. The fourth-order valence-electron chi connectivity index (χ4n) is 1.72. The summed E-state index contributed by atoms with van der Waals surface area (Å²) in [4.78, 5) is 16.2. The smallest absolute Gasteiger partial charge is 0.287 e. The number of oxazole rings is 1. The number of anilines is 1. The van der Waals surface area contributed by atoms with E-state index in [1.807, 2.05) is 27.7 Å². The fraction of sp³-hybridized carbons (Fsp3) is 0.462. The van der Waals surface area contributed by atoms with Crippen molar-refractivity contribution < 1.29 is 4.42 Å². The van der Waals surface area contributed by atoms with Crippen molar-refractivity contribution >= 4 is 17.3 Å². The Morgan fingerprint density at radius 1 is 1.45 bits per heavy atom. The van der Waals surface area contributed by atoms with E-state index in [1.54, 1.807) is 0 Å². The molecule has 0 radical (unpaired) electrons. The maximum Gasteiger partial charge on any atom is 0.287 e. The first-order valence-electron chi connectivity index (χ1n) is 6.34. The normalized spacial score (nSPS) is 11.1. The molecule has 1 N–H and O–H groups in total. The van der Waals surface area contributed by atoms with Gasteiger partial charge in [-0.3, -0.25) is 4.79 Å². The van der Waals surface area contributed by atoms with Crippen LogP contribution in [0, 0.1) is 13.8 Å². The molecule has 6 nitrogen and oxygen atoms in total. The maximum atomic E-state index is 12.0. The molecule has 0 aliphatic rings. The number of rotatable bonds is 4. The summed E-state index contributed by atoms with van der Waals surface area (Å²) in [6.45, 7) is 7.82. The SMILES string of the molecule is Cc1nc(CNc2cnn(C(C)C)c(=O)c2Cl)oc1C. The van der Waals surface area contributed by atoms with E-state index in [1.165, 1.54) is 10.9 Å². The molecular formula is C13H17ClN4O2. The highest BCUT2D eigenvalue weighted by Gasteiger charge is 2.12. The highest BCUT2D eigenvalue weighted by atomic mass is 35.5. The lowest BCUT2D eigenvalue weighted by Crippen LogP contribution is -2.25. The summed E-state index contributed by atoms with van der Waals surface area (Å²) in [5, 5.41) is 7.21. The van der Waals surface area contributed by atoms with Gasteiger partial charge < -0.3 is 9.73 Å². The van der Waals surface area contributed by atoms with Crippen molar-refractivity contribution in [3.8, 4) is 0 Å². The van der Waals surface area contributed by atoms with Crippen molar-refractivity contribution in [1.82, 2.24) is 14.8 Å². The van der Waals surface area contributed by atoms with Crippen LogP contribution >= 0.6 is 11.6 Å². The van der Waals surface area contributed by atoms with Crippen LogP contribution in [-0.2, 0) is 6.54 Å². The van der Waals surface area contributed by atoms with Crippen LogP contribution in [0.15, 0.2) is 15.4 Å². The summed E-state index contributed by atoms with van der Waals surface area (Å²) in [5.41, 5.74) is 1.01. The zero-order valence-corrected chi connectivity index (χ0v) is 12.7. The second-order valence-electron chi connectivity index (χ2n) is 4.82. The van der Waals surface area contributed by atoms with Gasteiger partial charge in [0.15, 0.2) is 0 Å². The van der Waals surface area contributed by atoms with E-state index < -0.39 is 0 Å². The molecule has 2 rings (SSSR count). The van der Waals surface area contributed by atoms with E-state index in [4.69, 9.17) is 16.0 Å². The Hall–Kier alpha value is -1.82. The van der Waals surface area contributed by atoms with Gasteiger partial charge in [0.05, 0.1) is 30.2 Å². The first-order chi connectivity index (χ1) is 9.40. The van der Waals surface area contributed by atoms with Crippen molar-refractivity contribution in [3.05, 3.63) is 38.9 Å². The van der Waals surface area contributed by atoms with Crippen LogP contribution in [0.1, 0.15) is 37.2 Å². The first-order valence-corrected chi connectivity index (χ1v) is 6.72. The Labute approximate surface area is 121 Å². The monoisotopic (exact) mass is 296 g/mol. The van der Waals surface area contributed by atoms with Gasteiger partial charge in [0.2, 0.25) is 5.89 Å². The van der Waals surface area contributed by atoms with Crippen LogP contribution < -0.4 is 10.9 Å². The largest absolute Gasteiger partial charge is 0.444 e. The molecule has 0 atom stereocenters. The van der Waals surface area contributed by atoms with Crippen LogP contribution in [0.25, 0.3) is 0 Å². The van der Waals surface area contributed by atoms with Crippen molar-refractivity contribution in [1.29, 1.82) is 0 Å². The van der Waals surface area contributed by atoms with Crippen molar-refractivity contribution in [2.75, 3.05) is 5.32 Å². The molecule has 0 fully saturated rings. The summed E-state index contributed by atoms with van der Waals surface area (Å²) < 4.78 is 6.79. The van der Waals surface area contributed by atoms with Gasteiger partial charge in [0, 0.05) is 0 Å². The molecule has 0 aliphatic heterocycles. The lowest BCUT2D eigenvalue weighted by molar-refractivity contribution is 0.477. The Morgan fingerprint density at radius 3 is 2.70 bits per heavy atom. The van der Waals surface area contributed by atoms with Crippen molar-refractivity contribution in [3.63, 3.8) is 0 Å². The number of aromatic nitrogens is 3. The zero-order valence-electron chi connectivity index (χ0n) is 11.9. The van der Waals surface area contributed by atoms with E-state index in [9.17, 15) is 4.79 Å². The zero-order chi connectivity index (χ0) is 14.9. The van der Waals surface area contributed by atoms with Gasteiger partial charge >= 0.3 is 0 Å². The number of hydrogen-bond acceptors (Lipinski definition) is 5. The quantitative estimate of drug-likeness (QED) is 0.939. The standard InChI is InChI=1S/C13H17ClN4O2/c1-7(2)18-13(19)12(14)10(5-16-18)15-6-11-17-8(3)9(4)20-11/h5,7,15H,6H2,1-4H3. The number of halogens is 1. The third-order valence-electron chi connectivity index (χ3n) is 2.94. The summed E-state index contributed by atoms with van der Waals surface area (Å²) in [6.07, 6.45) is 1.53. The second kappa shape index (κ2) is 5.66. The molecule has 0 amide bonds. The van der Waals surface area contributed by atoms with E-state index in [0.717, 1.165) is 11.5 Å². The number of aryl methyl sites for hydroxylation is 2. The third-order valence-corrected chi connectivity index (χ3v) is 3.30. The number of nitrogens with one attached hydrogen (secondary N) is 1. The van der Waals surface area contributed by atoms with Gasteiger partial charge in [-0.1, -0.05) is 11.6 Å². The Kier molecular flexibility index (Phi) is 4.13. The van der Waals surface area contributed by atoms with Crippen LogP contribution in [0.4, 0.5) is 5.69 Å². The predicted octanol–water partition coefficient (Wildman–Crippen LogP) is 2.69. The predicted molar refractivity (Wildman–Crippen MR) is 77.2 cm³/mol. The second-order valence-corrected chi connectivity index (χ2v) is 5.20. The van der Waals surface area contributed by atoms with Gasteiger partial charge in [0.25, 0.3) is 5.56 Å². The van der Waals surface area contributed by atoms with Gasteiger partial charge in [-0.15, -0.1) is 0 Å². The molecule has 108 valence electrons. The van der Waals surface area contributed by atoms with Gasteiger partial charge in [0.1, 0.15) is 10.8 Å². The highest BCUT2D eigenvalue weighted by molar-refractivity contribution is 6.32. The molecular weight excluding hydrogens is 280 g/mol. The Morgan fingerprint density at radius 2 is 2.15 bits per heavy atom. The molecule has 7 heteroatoms. The van der Waals surface area contributed by atoms with Crippen LogP contribution in [0.2, 0.25) is 5.02 Å². The summed E-state index contributed by atoms with van der Waals surface area (Å²) in [6, 6.07) is -0.0360. The number of hydrogen-bond donors (Lipinski definition) is 1. The molecule has 20 heavy (non-hydrogen) atoms. The maximum absolute atomic E-state index is 12.0. The number of nitrogens with zero attached hydrogens (tertiary/aromatic N) is 3. The van der Waals surface area contributed by atoms with Gasteiger partial charge in [-0.25, -0.2) is 9.67 Å². The summed E-state index contributed by atoms with van der Waals surface area (Å²) in [5.74, 6) is 1.32. The summed E-state index contributed by atoms with van der Waals surface area (Å²) >= 11 is 6.06. The lowest BCUT2D eigenvalue weighted by Gasteiger charge is -2.11. The van der Waals surface area contributed by atoms with E-state index in [2.05, 4.69) is 15.4 Å². The van der Waals surface area contributed by atoms with E-state index >= 15 is 0 Å². The van der Waals surface area contributed by atoms with Crippen molar-refractivity contribution in [2.45, 2.75) is 40.3 Å². The molecule has 2 aromatic heterocycles. The van der Waals surface area contributed by atoms with Crippen LogP contribution in [0.5, 0.6) is 0 Å².